The first-order valence-corrected chi connectivity index (χ1v) is 28.9. The summed E-state index contributed by atoms with van der Waals surface area (Å²) in [5.41, 5.74) is -1.34. The minimum absolute atomic E-state index is 0.284. The molecule has 6 aliphatic rings. The first kappa shape index (κ1) is 61.3. The molecule has 2 aromatic carbocycles. The van der Waals surface area contributed by atoms with E-state index in [9.17, 15) is 16.8 Å². The summed E-state index contributed by atoms with van der Waals surface area (Å²) in [6.07, 6.45) is 13.4. The molecule has 4 saturated heterocycles. The molecule has 2 spiro atoms. The van der Waals surface area contributed by atoms with Crippen molar-refractivity contribution in [3.8, 4) is 166 Å². The Labute approximate surface area is 472 Å². The number of methoxy groups -OCH3 is 2. The topological polar surface area (TPSA) is 127 Å². The highest BCUT2D eigenvalue weighted by atomic mass is 79.9. The van der Waals surface area contributed by atoms with Gasteiger partial charge in [-0.1, -0.05) is 21.9 Å². The standard InChI is InChI=1S/C27H4.C18H26N2O4S.C14H20N2O4S.C4H7Br/c1-3-5-7-9-11-13-15-17-19-21-23-25-27-26-24-22-20-18-16-14-12-10-8-6-4-2;1-23-16-4-6-17(7-5-16)25(21,22)20-12-13-24-18(20)8-10-19(11-9-18)14-15-2-3-15;1-19-12-2-4-13(5-3-12)21(17,18)16-10-11-20-14(16)6-8-15-9-7-14;5-3-4-1-2-4/h1H,2H3;4-7,15H,2-3,8-14H2,1H3;2-5,15H,6-11H2,1H3;4H,1-3H2. The number of sulfonamides is 2. The second kappa shape index (κ2) is 32.9. The van der Waals surface area contributed by atoms with E-state index >= 15 is 0 Å². The lowest BCUT2D eigenvalue weighted by Crippen LogP contribution is -2.55. The maximum Gasteiger partial charge on any atom is 0.245 e. The number of likely N-dealkylation sites (tertiary alicyclic amines) is 1. The fourth-order valence-electron chi connectivity index (χ4n) is 8.00. The number of hydrogen-bond donors (Lipinski definition) is 1. The second-order valence-electron chi connectivity index (χ2n) is 17.5. The smallest absolute Gasteiger partial charge is 0.245 e. The molecule has 6 fully saturated rings. The van der Waals surface area contributed by atoms with Crippen molar-refractivity contribution < 1.29 is 35.8 Å². The molecule has 4 aliphatic heterocycles. The number of ether oxygens (including phenoxy) is 4. The third kappa shape index (κ3) is 20.1. The Hall–Kier alpha value is -7.54. The van der Waals surface area contributed by atoms with Crippen LogP contribution in [0.15, 0.2) is 58.3 Å². The van der Waals surface area contributed by atoms with Gasteiger partial charge in [0.05, 0.1) is 37.2 Å². The van der Waals surface area contributed by atoms with Crippen molar-refractivity contribution in [2.24, 2.45) is 11.8 Å². The summed E-state index contributed by atoms with van der Waals surface area (Å²) in [5, 5.41) is 4.47. The van der Waals surface area contributed by atoms with Crippen LogP contribution in [-0.2, 0) is 29.5 Å². The van der Waals surface area contributed by atoms with Crippen molar-refractivity contribution in [2.75, 3.05) is 78.6 Å². The quantitative estimate of drug-likeness (QED) is 0.265. The van der Waals surface area contributed by atoms with Crippen LogP contribution in [-0.4, -0.2) is 120 Å². The van der Waals surface area contributed by atoms with Crippen LogP contribution in [0.2, 0.25) is 0 Å². The number of piperidine rings is 2. The zero-order valence-corrected chi connectivity index (χ0v) is 47.1. The summed E-state index contributed by atoms with van der Waals surface area (Å²) in [4.78, 5) is 3.05. The molecular formula is C63H57BrN4O8S2. The third-order valence-corrected chi connectivity index (χ3v) is 17.1. The number of terminal acetylenes is 1. The van der Waals surface area contributed by atoms with Crippen LogP contribution in [0.3, 0.4) is 0 Å². The molecule has 78 heavy (non-hydrogen) atoms. The average molecular weight is 1140 g/mol. The molecule has 0 radical (unpaired) electrons. The Balaban J connectivity index is 0.000000206. The van der Waals surface area contributed by atoms with E-state index in [1.165, 1.54) is 35.3 Å². The van der Waals surface area contributed by atoms with Gasteiger partial charge >= 0.3 is 0 Å². The van der Waals surface area contributed by atoms with Gasteiger partial charge in [-0.3, -0.25) is 0 Å². The van der Waals surface area contributed by atoms with Gasteiger partial charge in [-0.25, -0.2) is 16.8 Å². The van der Waals surface area contributed by atoms with Crippen LogP contribution in [0, 0.1) is 166 Å². The van der Waals surface area contributed by atoms with Gasteiger partial charge in [0.2, 0.25) is 20.0 Å². The van der Waals surface area contributed by atoms with Gasteiger partial charge in [0, 0.05) is 111 Å². The van der Waals surface area contributed by atoms with E-state index in [-0.39, 0.29) is 4.90 Å². The molecule has 0 amide bonds. The van der Waals surface area contributed by atoms with Crippen molar-refractivity contribution >= 4 is 36.0 Å². The van der Waals surface area contributed by atoms with Crippen LogP contribution in [0.1, 0.15) is 58.3 Å². The number of rotatable bonds is 9. The van der Waals surface area contributed by atoms with Crippen molar-refractivity contribution in [1.29, 1.82) is 0 Å². The molecule has 2 saturated carbocycles. The second-order valence-corrected chi connectivity index (χ2v) is 21.8. The fraction of sp³-hybridized carbons (Fsp3) is 0.397. The first-order chi connectivity index (χ1) is 38.0. The molecule has 4 heterocycles. The molecule has 12 nitrogen and oxygen atoms in total. The van der Waals surface area contributed by atoms with Crippen LogP contribution >= 0.6 is 15.9 Å². The lowest BCUT2D eigenvalue weighted by molar-refractivity contribution is -0.0910. The highest BCUT2D eigenvalue weighted by Crippen LogP contribution is 2.40. The van der Waals surface area contributed by atoms with Crippen LogP contribution < -0.4 is 14.8 Å². The summed E-state index contributed by atoms with van der Waals surface area (Å²) >= 11 is 3.38. The largest absolute Gasteiger partial charge is 0.497 e. The van der Waals surface area contributed by atoms with Gasteiger partial charge in [-0.2, -0.15) is 8.61 Å². The maximum atomic E-state index is 13.2. The van der Waals surface area contributed by atoms with E-state index < -0.39 is 31.5 Å². The van der Waals surface area contributed by atoms with E-state index in [1.54, 1.807) is 74.0 Å². The Bertz CT molecular complexity index is 3500. The summed E-state index contributed by atoms with van der Waals surface area (Å²) in [6.45, 7) is 7.97. The number of benzene rings is 2. The molecule has 0 unspecified atom stereocenters. The van der Waals surface area contributed by atoms with Crippen molar-refractivity contribution in [1.82, 2.24) is 18.8 Å². The highest BCUT2D eigenvalue weighted by Gasteiger charge is 2.51. The lowest BCUT2D eigenvalue weighted by atomic mass is 10.0. The van der Waals surface area contributed by atoms with Crippen molar-refractivity contribution in [3.05, 3.63) is 48.5 Å². The SMILES string of the molecule is BrCC1CC1.C#CC#CC#CC#CC#CC#CC#CC#CC#CC#CC#CC#CC#CC.COc1ccc(S(=O)(=O)N2CCOC23CCN(CC2CC2)CC3)cc1.COc1ccc(S(=O)(=O)N2CCOC23CCNCC3)cc1. The summed E-state index contributed by atoms with van der Waals surface area (Å²) < 4.78 is 77.3. The third-order valence-electron chi connectivity index (χ3n) is 12.3. The number of halogens is 1. The molecule has 8 rings (SSSR count). The summed E-state index contributed by atoms with van der Waals surface area (Å²) in [6, 6.07) is 13.1. The normalized spacial score (nSPS) is 16.8. The maximum absolute atomic E-state index is 13.2. The molecule has 396 valence electrons. The molecule has 1 N–H and O–H groups in total. The molecule has 0 atom stereocenters. The van der Waals surface area contributed by atoms with Crippen molar-refractivity contribution in [3.63, 3.8) is 0 Å². The highest BCUT2D eigenvalue weighted by molar-refractivity contribution is 9.09. The van der Waals surface area contributed by atoms with Gasteiger partial charge < -0.3 is 29.2 Å². The van der Waals surface area contributed by atoms with Gasteiger partial charge in [0.1, 0.15) is 22.9 Å². The molecule has 2 aliphatic carbocycles. The number of hydrogen-bond acceptors (Lipinski definition) is 10. The van der Waals surface area contributed by atoms with Crippen LogP contribution in [0.4, 0.5) is 0 Å². The Kier molecular flexibility index (Phi) is 25.9. The minimum atomic E-state index is -3.57. The number of nitrogens with one attached hydrogen (secondary N) is 1. The predicted molar refractivity (Wildman–Crippen MR) is 306 cm³/mol. The monoisotopic (exact) mass is 1140 g/mol. The number of alkyl halides is 1. The van der Waals surface area contributed by atoms with Gasteiger partial charge in [-0.15, -0.1) is 6.42 Å². The Morgan fingerprint density at radius 3 is 1.19 bits per heavy atom. The van der Waals surface area contributed by atoms with Crippen molar-refractivity contribution in [2.45, 2.75) is 79.5 Å². The van der Waals surface area contributed by atoms with E-state index in [1.807, 2.05) is 0 Å². The van der Waals surface area contributed by atoms with Gasteiger partial charge in [0.25, 0.3) is 0 Å². The molecule has 15 heteroatoms. The van der Waals surface area contributed by atoms with Crippen LogP contribution in [0.5, 0.6) is 11.5 Å². The van der Waals surface area contributed by atoms with E-state index in [0.717, 1.165) is 57.4 Å². The zero-order chi connectivity index (χ0) is 55.8. The predicted octanol–water partition coefficient (Wildman–Crippen LogP) is 5.19. The molecule has 0 bridgehead atoms. The lowest BCUT2D eigenvalue weighted by Gasteiger charge is -2.43. The minimum Gasteiger partial charge on any atom is -0.497 e. The van der Waals surface area contributed by atoms with Gasteiger partial charge in [0.15, 0.2) is 0 Å². The fourth-order valence-corrected chi connectivity index (χ4v) is 12.1. The average Bonchev–Trinajstić information content (AvgIpc) is 4.42. The Morgan fingerprint density at radius 1 is 0.538 bits per heavy atom. The van der Waals surface area contributed by atoms with E-state index in [0.29, 0.717) is 55.5 Å². The summed E-state index contributed by atoms with van der Waals surface area (Å²) in [7, 11) is -3.98. The first-order valence-electron chi connectivity index (χ1n) is 24.9. The van der Waals surface area contributed by atoms with Gasteiger partial charge in [-0.05, 0) is 201 Å². The molecule has 0 aromatic heterocycles. The van der Waals surface area contributed by atoms with Crippen LogP contribution in [0.25, 0.3) is 0 Å². The number of nitrogens with zero attached hydrogens (tertiary/aromatic N) is 3. The molecule has 2 aromatic rings. The summed E-state index contributed by atoms with van der Waals surface area (Å²) in [5.74, 6) is 65.1. The molecular weight excluding hydrogens is 1080 g/mol. The van der Waals surface area contributed by atoms with E-state index in [2.05, 4.69) is 174 Å². The Morgan fingerprint density at radius 2 is 0.885 bits per heavy atom. The van der Waals surface area contributed by atoms with E-state index in [4.69, 9.17) is 25.4 Å². The zero-order valence-electron chi connectivity index (χ0n) is 43.9.